The van der Waals surface area contributed by atoms with Gasteiger partial charge >= 0.3 is 5.97 Å². The maximum absolute atomic E-state index is 11.5. The predicted octanol–water partition coefficient (Wildman–Crippen LogP) is 0.791. The minimum atomic E-state index is -0.537. The van der Waals surface area contributed by atoms with E-state index in [0.29, 0.717) is 5.13 Å². The average molecular weight is 253 g/mol. The monoisotopic (exact) mass is 253 g/mol. The molecule has 0 unspecified atom stereocenters. The van der Waals surface area contributed by atoms with Gasteiger partial charge in [0, 0.05) is 0 Å². The number of rotatable bonds is 3. The molecule has 2 heterocycles. The van der Waals surface area contributed by atoms with E-state index in [0.717, 1.165) is 5.01 Å². The summed E-state index contributed by atoms with van der Waals surface area (Å²) in [7, 11) is 0. The second-order valence-electron chi connectivity index (χ2n) is 3.20. The SMILES string of the molecule is CCOC(=O)c1nn(-c2nnc(C)s2)cc1N. The first-order valence-electron chi connectivity index (χ1n) is 4.94. The van der Waals surface area contributed by atoms with Crippen molar-refractivity contribution in [2.45, 2.75) is 13.8 Å². The summed E-state index contributed by atoms with van der Waals surface area (Å²) in [5.74, 6) is -0.537. The van der Waals surface area contributed by atoms with Crippen LogP contribution in [0.4, 0.5) is 5.69 Å². The number of nitrogens with two attached hydrogens (primary N) is 1. The highest BCUT2D eigenvalue weighted by Crippen LogP contribution is 2.17. The van der Waals surface area contributed by atoms with E-state index < -0.39 is 5.97 Å². The van der Waals surface area contributed by atoms with Crippen molar-refractivity contribution in [3.05, 3.63) is 16.9 Å². The van der Waals surface area contributed by atoms with Crippen molar-refractivity contribution >= 4 is 23.0 Å². The Morgan fingerprint density at radius 2 is 2.35 bits per heavy atom. The van der Waals surface area contributed by atoms with Crippen LogP contribution in [0.2, 0.25) is 0 Å². The Labute approximate surface area is 101 Å². The van der Waals surface area contributed by atoms with Gasteiger partial charge in [0.15, 0.2) is 5.69 Å². The highest BCUT2D eigenvalue weighted by molar-refractivity contribution is 7.13. The molecular formula is C9H11N5O2S. The molecule has 0 aliphatic heterocycles. The second kappa shape index (κ2) is 4.50. The van der Waals surface area contributed by atoms with E-state index in [1.54, 1.807) is 6.92 Å². The van der Waals surface area contributed by atoms with E-state index in [2.05, 4.69) is 15.3 Å². The van der Waals surface area contributed by atoms with Crippen molar-refractivity contribution in [3.8, 4) is 5.13 Å². The number of nitrogen functional groups attached to an aromatic ring is 1. The molecule has 0 aromatic carbocycles. The van der Waals surface area contributed by atoms with Crippen LogP contribution in [-0.2, 0) is 4.74 Å². The number of aromatic nitrogens is 4. The molecule has 0 saturated carbocycles. The lowest BCUT2D eigenvalue weighted by atomic mass is 10.4. The number of carbonyl (C=O) groups is 1. The molecule has 2 aromatic rings. The summed E-state index contributed by atoms with van der Waals surface area (Å²) in [6, 6.07) is 0. The van der Waals surface area contributed by atoms with Crippen molar-refractivity contribution < 1.29 is 9.53 Å². The molecule has 2 aromatic heterocycles. The van der Waals surface area contributed by atoms with Gasteiger partial charge in [-0.15, -0.1) is 10.2 Å². The third kappa shape index (κ3) is 2.26. The number of hydrogen-bond donors (Lipinski definition) is 1. The first-order chi connectivity index (χ1) is 8.11. The van der Waals surface area contributed by atoms with Gasteiger partial charge in [0.2, 0.25) is 5.13 Å². The summed E-state index contributed by atoms with van der Waals surface area (Å²) in [6.45, 7) is 3.84. The van der Waals surface area contributed by atoms with Crippen LogP contribution in [0.3, 0.4) is 0 Å². The number of hydrogen-bond acceptors (Lipinski definition) is 7. The molecule has 17 heavy (non-hydrogen) atoms. The standard InChI is InChI=1S/C9H11N5O2S/c1-3-16-8(15)7-6(10)4-14(13-7)9-12-11-5(2)17-9/h4H,3,10H2,1-2H3. The Morgan fingerprint density at radius 1 is 1.59 bits per heavy atom. The quantitative estimate of drug-likeness (QED) is 0.812. The van der Waals surface area contributed by atoms with Gasteiger partial charge in [0.25, 0.3) is 0 Å². The topological polar surface area (TPSA) is 95.9 Å². The molecule has 0 amide bonds. The number of nitrogens with zero attached hydrogens (tertiary/aromatic N) is 4. The fraction of sp³-hybridized carbons (Fsp3) is 0.333. The summed E-state index contributed by atoms with van der Waals surface area (Å²) < 4.78 is 6.26. The molecule has 0 aliphatic carbocycles. The van der Waals surface area contributed by atoms with Gasteiger partial charge in [-0.05, 0) is 13.8 Å². The van der Waals surface area contributed by atoms with E-state index in [-0.39, 0.29) is 18.0 Å². The first-order valence-corrected chi connectivity index (χ1v) is 5.76. The first kappa shape index (κ1) is 11.5. The number of ether oxygens (including phenoxy) is 1. The van der Waals surface area contributed by atoms with Crippen LogP contribution >= 0.6 is 11.3 Å². The highest BCUT2D eigenvalue weighted by Gasteiger charge is 2.17. The number of anilines is 1. The molecule has 2 N–H and O–H groups in total. The third-order valence-corrected chi connectivity index (χ3v) is 2.75. The van der Waals surface area contributed by atoms with Crippen molar-refractivity contribution in [2.24, 2.45) is 0 Å². The van der Waals surface area contributed by atoms with E-state index in [9.17, 15) is 4.79 Å². The molecule has 0 radical (unpaired) electrons. The lowest BCUT2D eigenvalue weighted by Gasteiger charge is -1.97. The van der Waals surface area contributed by atoms with E-state index in [1.807, 2.05) is 6.92 Å². The molecule has 8 heteroatoms. The van der Waals surface area contributed by atoms with Gasteiger partial charge in [-0.25, -0.2) is 9.48 Å². The molecule has 90 valence electrons. The Kier molecular flexibility index (Phi) is 3.05. The molecular weight excluding hydrogens is 242 g/mol. The molecule has 0 aliphatic rings. The normalized spacial score (nSPS) is 10.5. The molecule has 7 nitrogen and oxygen atoms in total. The predicted molar refractivity (Wildman–Crippen MR) is 62.1 cm³/mol. The van der Waals surface area contributed by atoms with Gasteiger partial charge in [0.1, 0.15) is 5.01 Å². The van der Waals surface area contributed by atoms with Crippen molar-refractivity contribution in [2.75, 3.05) is 12.3 Å². The summed E-state index contributed by atoms with van der Waals surface area (Å²) in [5.41, 5.74) is 6.05. The van der Waals surface area contributed by atoms with Crippen LogP contribution in [-0.4, -0.2) is 32.6 Å². The molecule has 0 atom stereocenters. The fourth-order valence-electron chi connectivity index (χ4n) is 1.22. The van der Waals surface area contributed by atoms with E-state index >= 15 is 0 Å². The Bertz CT molecular complexity index is 547. The van der Waals surface area contributed by atoms with Crippen LogP contribution < -0.4 is 5.73 Å². The molecule has 0 saturated heterocycles. The molecule has 0 fully saturated rings. The average Bonchev–Trinajstić information content (AvgIpc) is 2.85. The van der Waals surface area contributed by atoms with E-state index in [4.69, 9.17) is 10.5 Å². The number of esters is 1. The molecule has 0 bridgehead atoms. The molecule has 2 rings (SSSR count). The van der Waals surface area contributed by atoms with E-state index in [1.165, 1.54) is 22.2 Å². The maximum atomic E-state index is 11.5. The van der Waals surface area contributed by atoms with Crippen molar-refractivity contribution in [1.82, 2.24) is 20.0 Å². The minimum Gasteiger partial charge on any atom is -0.461 e. The Morgan fingerprint density at radius 3 is 2.94 bits per heavy atom. The van der Waals surface area contributed by atoms with Crippen LogP contribution in [0, 0.1) is 6.92 Å². The lowest BCUT2D eigenvalue weighted by molar-refractivity contribution is 0.0520. The van der Waals surface area contributed by atoms with Crippen LogP contribution in [0.25, 0.3) is 5.13 Å². The summed E-state index contributed by atoms with van der Waals surface area (Å²) in [6.07, 6.45) is 1.52. The second-order valence-corrected chi connectivity index (χ2v) is 4.36. The van der Waals surface area contributed by atoms with Gasteiger partial charge in [-0.2, -0.15) is 5.10 Å². The number of carbonyl (C=O) groups excluding carboxylic acids is 1. The van der Waals surface area contributed by atoms with Gasteiger partial charge < -0.3 is 10.5 Å². The summed E-state index contributed by atoms with van der Waals surface area (Å²) in [4.78, 5) is 11.5. The van der Waals surface area contributed by atoms with Crippen LogP contribution in [0.5, 0.6) is 0 Å². The summed E-state index contributed by atoms with van der Waals surface area (Å²) in [5, 5.41) is 13.2. The van der Waals surface area contributed by atoms with Gasteiger partial charge in [0.05, 0.1) is 18.5 Å². The zero-order chi connectivity index (χ0) is 12.4. The zero-order valence-corrected chi connectivity index (χ0v) is 10.2. The number of aryl methyl sites for hydroxylation is 1. The Balaban J connectivity index is 2.33. The third-order valence-electron chi connectivity index (χ3n) is 1.92. The molecule has 0 spiro atoms. The zero-order valence-electron chi connectivity index (χ0n) is 9.38. The largest absolute Gasteiger partial charge is 0.461 e. The van der Waals surface area contributed by atoms with Crippen molar-refractivity contribution in [3.63, 3.8) is 0 Å². The van der Waals surface area contributed by atoms with Crippen molar-refractivity contribution in [1.29, 1.82) is 0 Å². The van der Waals surface area contributed by atoms with Gasteiger partial charge in [-0.1, -0.05) is 11.3 Å². The maximum Gasteiger partial charge on any atom is 0.361 e. The van der Waals surface area contributed by atoms with Crippen LogP contribution in [0.15, 0.2) is 6.20 Å². The highest BCUT2D eigenvalue weighted by atomic mass is 32.1. The van der Waals surface area contributed by atoms with Gasteiger partial charge in [-0.3, -0.25) is 0 Å². The summed E-state index contributed by atoms with van der Waals surface area (Å²) >= 11 is 1.36. The fourth-order valence-corrected chi connectivity index (χ4v) is 1.84. The Hall–Kier alpha value is -1.96. The van der Waals surface area contributed by atoms with Crippen LogP contribution in [0.1, 0.15) is 22.4 Å². The lowest BCUT2D eigenvalue weighted by Crippen LogP contribution is -2.08. The smallest absolute Gasteiger partial charge is 0.361 e. The minimum absolute atomic E-state index is 0.0969.